The molecule has 0 fully saturated rings. The lowest BCUT2D eigenvalue weighted by molar-refractivity contribution is 0.684. The van der Waals surface area contributed by atoms with Crippen LogP contribution in [-0.4, -0.2) is 0 Å². The van der Waals surface area contributed by atoms with Crippen molar-refractivity contribution in [2.75, 3.05) is 9.80 Å². The number of hydrogen-bond acceptors (Lipinski definition) is 2. The summed E-state index contributed by atoms with van der Waals surface area (Å²) in [5.41, 5.74) is 18.7. The summed E-state index contributed by atoms with van der Waals surface area (Å²) < 4.78 is 0. The van der Waals surface area contributed by atoms with Gasteiger partial charge in [0.05, 0.1) is 0 Å². The SMILES string of the molecule is C=C1CCCCC/C=C\C=C1N(c1ccc(C)cc1)c1ccc(-c2ccc(-c3ccc(N(c4ccc(C)cc4)c4cccc5c4CCCC5)cc3)cc2)cc1. The molecule has 0 unspecified atom stereocenters. The van der Waals surface area contributed by atoms with Crippen LogP contribution < -0.4 is 9.80 Å². The Hall–Kier alpha value is -5.86. The molecule has 6 aromatic carbocycles. The van der Waals surface area contributed by atoms with Crippen LogP contribution in [0.4, 0.5) is 28.4 Å². The average Bonchev–Trinajstić information content (AvgIpc) is 3.23. The summed E-state index contributed by atoms with van der Waals surface area (Å²) in [7, 11) is 0. The van der Waals surface area contributed by atoms with E-state index in [1.54, 1.807) is 0 Å². The second kappa shape index (κ2) is 16.7. The molecule has 0 bridgehead atoms. The first-order valence-electron chi connectivity index (χ1n) is 20.2. The van der Waals surface area contributed by atoms with Gasteiger partial charge >= 0.3 is 0 Å². The minimum atomic E-state index is 1.01. The van der Waals surface area contributed by atoms with Crippen LogP contribution in [0.25, 0.3) is 22.3 Å². The number of hydrogen-bond donors (Lipinski definition) is 0. The van der Waals surface area contributed by atoms with E-state index >= 15 is 0 Å². The molecule has 8 rings (SSSR count). The quantitative estimate of drug-likeness (QED) is 0.155. The molecule has 0 N–H and O–H groups in total. The summed E-state index contributed by atoms with van der Waals surface area (Å²) in [6.07, 6.45) is 17.4. The first-order chi connectivity index (χ1) is 27.0. The molecule has 6 aromatic rings. The van der Waals surface area contributed by atoms with Crippen LogP contribution in [0.2, 0.25) is 0 Å². The normalized spacial score (nSPS) is 15.1. The smallest absolute Gasteiger partial charge is 0.0496 e. The van der Waals surface area contributed by atoms with Crippen LogP contribution >= 0.6 is 0 Å². The summed E-state index contributed by atoms with van der Waals surface area (Å²) in [5.74, 6) is 0. The Balaban J connectivity index is 1.06. The maximum absolute atomic E-state index is 4.57. The molecule has 274 valence electrons. The van der Waals surface area contributed by atoms with E-state index < -0.39 is 0 Å². The van der Waals surface area contributed by atoms with Gasteiger partial charge in [-0.15, -0.1) is 0 Å². The van der Waals surface area contributed by atoms with Crippen molar-refractivity contribution < 1.29 is 0 Å². The molecule has 2 aliphatic rings. The zero-order valence-electron chi connectivity index (χ0n) is 32.5. The van der Waals surface area contributed by atoms with Gasteiger partial charge in [0.25, 0.3) is 0 Å². The van der Waals surface area contributed by atoms with Gasteiger partial charge in [-0.05, 0) is 165 Å². The van der Waals surface area contributed by atoms with Crippen LogP contribution in [0, 0.1) is 13.8 Å². The van der Waals surface area contributed by atoms with E-state index in [1.807, 2.05) is 0 Å². The van der Waals surface area contributed by atoms with Gasteiger partial charge < -0.3 is 9.80 Å². The van der Waals surface area contributed by atoms with Crippen LogP contribution in [0.15, 0.2) is 176 Å². The topological polar surface area (TPSA) is 6.48 Å². The number of benzene rings is 6. The Morgan fingerprint density at radius 2 is 0.927 bits per heavy atom. The minimum absolute atomic E-state index is 1.01. The first kappa shape index (κ1) is 36.1. The lowest BCUT2D eigenvalue weighted by atomic mass is 9.89. The second-order valence-corrected chi connectivity index (χ2v) is 15.3. The van der Waals surface area contributed by atoms with Crippen molar-refractivity contribution in [2.45, 2.75) is 71.6 Å². The van der Waals surface area contributed by atoms with E-state index in [2.05, 4.69) is 188 Å². The molecule has 2 heteroatoms. The molecule has 2 aliphatic carbocycles. The fourth-order valence-electron chi connectivity index (χ4n) is 8.19. The average molecular weight is 717 g/mol. The Labute approximate surface area is 328 Å². The van der Waals surface area contributed by atoms with Gasteiger partial charge in [0.2, 0.25) is 0 Å². The van der Waals surface area contributed by atoms with Crippen molar-refractivity contribution in [1.82, 2.24) is 0 Å². The zero-order valence-corrected chi connectivity index (χ0v) is 32.5. The molecule has 0 atom stereocenters. The highest BCUT2D eigenvalue weighted by Crippen LogP contribution is 2.41. The summed E-state index contributed by atoms with van der Waals surface area (Å²) in [6, 6.07) is 51.7. The first-order valence-corrected chi connectivity index (χ1v) is 20.2. The highest BCUT2D eigenvalue weighted by molar-refractivity contribution is 5.81. The maximum Gasteiger partial charge on any atom is 0.0496 e. The monoisotopic (exact) mass is 716 g/mol. The van der Waals surface area contributed by atoms with E-state index in [0.29, 0.717) is 0 Å². The van der Waals surface area contributed by atoms with E-state index in [4.69, 9.17) is 0 Å². The fraction of sp³-hybridized carbons (Fsp3) is 0.208. The molecule has 0 heterocycles. The number of anilines is 5. The van der Waals surface area contributed by atoms with Crippen molar-refractivity contribution in [3.63, 3.8) is 0 Å². The zero-order chi connectivity index (χ0) is 37.6. The third-order valence-electron chi connectivity index (χ3n) is 11.3. The highest BCUT2D eigenvalue weighted by atomic mass is 15.2. The van der Waals surface area contributed by atoms with Gasteiger partial charge in [-0.2, -0.15) is 0 Å². The Kier molecular flexibility index (Phi) is 10.9. The van der Waals surface area contributed by atoms with Crippen LogP contribution in [0.5, 0.6) is 0 Å². The van der Waals surface area contributed by atoms with Crippen molar-refractivity contribution in [1.29, 1.82) is 0 Å². The molecule has 0 aromatic heterocycles. The molecule has 0 saturated carbocycles. The van der Waals surface area contributed by atoms with Crippen molar-refractivity contribution in [3.05, 3.63) is 198 Å². The van der Waals surface area contributed by atoms with E-state index in [0.717, 1.165) is 36.3 Å². The van der Waals surface area contributed by atoms with Crippen LogP contribution in [0.1, 0.15) is 67.2 Å². The number of allylic oxidation sites excluding steroid dienone is 4. The number of nitrogens with zero attached hydrogens (tertiary/aromatic N) is 2. The summed E-state index contributed by atoms with van der Waals surface area (Å²) in [5, 5.41) is 0. The molecule has 0 radical (unpaired) electrons. The Bertz CT molecular complexity index is 2290. The fourth-order valence-corrected chi connectivity index (χ4v) is 8.19. The Morgan fingerprint density at radius 3 is 1.49 bits per heavy atom. The maximum atomic E-state index is 4.57. The number of aryl methyl sites for hydroxylation is 3. The van der Waals surface area contributed by atoms with Gasteiger partial charge in [-0.3, -0.25) is 0 Å². The van der Waals surface area contributed by atoms with Crippen molar-refractivity contribution in [2.24, 2.45) is 0 Å². The third-order valence-corrected chi connectivity index (χ3v) is 11.3. The van der Waals surface area contributed by atoms with Crippen molar-refractivity contribution in [3.8, 4) is 22.3 Å². The lowest BCUT2D eigenvalue weighted by Crippen LogP contribution is -2.18. The molecule has 0 saturated heterocycles. The van der Waals surface area contributed by atoms with Gasteiger partial charge in [0, 0.05) is 34.1 Å². The van der Waals surface area contributed by atoms with Gasteiger partial charge in [0.15, 0.2) is 0 Å². The lowest BCUT2D eigenvalue weighted by Gasteiger charge is -2.30. The minimum Gasteiger partial charge on any atom is -0.310 e. The Morgan fingerprint density at radius 1 is 0.455 bits per heavy atom. The molecule has 0 aliphatic heterocycles. The largest absolute Gasteiger partial charge is 0.310 e. The summed E-state index contributed by atoms with van der Waals surface area (Å²) in [6.45, 7) is 8.87. The van der Waals surface area contributed by atoms with E-state index in [1.165, 1.54) is 106 Å². The molecular formula is C53H52N2. The van der Waals surface area contributed by atoms with Crippen LogP contribution in [-0.2, 0) is 12.8 Å². The molecular weight excluding hydrogens is 665 g/mol. The predicted octanol–water partition coefficient (Wildman–Crippen LogP) is 15.1. The highest BCUT2D eigenvalue weighted by Gasteiger charge is 2.21. The number of rotatable bonds is 8. The number of fused-ring (bicyclic) bond motifs is 1. The van der Waals surface area contributed by atoms with Crippen LogP contribution in [0.3, 0.4) is 0 Å². The molecule has 0 amide bonds. The van der Waals surface area contributed by atoms with Gasteiger partial charge in [0.1, 0.15) is 0 Å². The van der Waals surface area contributed by atoms with Gasteiger partial charge in [-0.1, -0.05) is 121 Å². The summed E-state index contributed by atoms with van der Waals surface area (Å²) in [4.78, 5) is 4.82. The third kappa shape index (κ3) is 8.15. The molecule has 0 spiro atoms. The predicted molar refractivity (Wildman–Crippen MR) is 236 cm³/mol. The van der Waals surface area contributed by atoms with E-state index in [9.17, 15) is 0 Å². The van der Waals surface area contributed by atoms with Crippen molar-refractivity contribution >= 4 is 28.4 Å². The standard InChI is InChI=1S/C53H52N2/c1-39-19-31-47(32-20-39)54(52-17-9-7-5-4-6-8-13-41(52)3)49-35-27-44(28-36-49)42-23-25-43(26-24-42)45-29-37-50(38-30-45)55(48-33-21-40(2)22-34-48)53-18-12-15-46-14-10-11-16-51(46)53/h7,9,12,15,17-38H,3-6,8,10-11,13-14,16H2,1-2H3/b9-7-,52-17?. The van der Waals surface area contributed by atoms with Gasteiger partial charge in [-0.25, -0.2) is 0 Å². The molecule has 2 nitrogen and oxygen atoms in total. The summed E-state index contributed by atoms with van der Waals surface area (Å²) >= 11 is 0. The molecule has 55 heavy (non-hydrogen) atoms. The second-order valence-electron chi connectivity index (χ2n) is 15.3. The van der Waals surface area contributed by atoms with E-state index in [-0.39, 0.29) is 0 Å².